The standard InChI is InChI=1S/C20H23ClN2O4S/c1-11-10-28-18-15(22-14(24)9-12-5-7-13(21)8-6-12)17(25)23(18)16(11)19(26)27-20(2,3)4/h5-8,15-16,18H,1,9-10H2,2-4H3,(H,22,24)/t15?,16?,18-/m0/s1. The second-order valence-corrected chi connectivity index (χ2v) is 9.43. The molecule has 0 radical (unpaired) electrons. The average Bonchev–Trinajstić information content (AvgIpc) is 2.60. The molecule has 2 amide bonds. The number of amides is 2. The summed E-state index contributed by atoms with van der Waals surface area (Å²) in [5.74, 6) is -0.498. The van der Waals surface area contributed by atoms with Crippen LogP contribution in [0.1, 0.15) is 26.3 Å². The first-order valence-electron chi connectivity index (χ1n) is 8.95. The Kier molecular flexibility index (Phi) is 5.77. The number of benzene rings is 1. The van der Waals surface area contributed by atoms with E-state index in [1.807, 2.05) is 0 Å². The summed E-state index contributed by atoms with van der Waals surface area (Å²) in [5, 5.41) is 3.08. The van der Waals surface area contributed by atoms with Crippen LogP contribution in [-0.2, 0) is 25.5 Å². The van der Waals surface area contributed by atoms with Crippen LogP contribution in [0.3, 0.4) is 0 Å². The maximum atomic E-state index is 12.7. The average molecular weight is 423 g/mol. The molecular weight excluding hydrogens is 400 g/mol. The fourth-order valence-corrected chi connectivity index (χ4v) is 4.62. The van der Waals surface area contributed by atoms with E-state index in [2.05, 4.69) is 11.9 Å². The van der Waals surface area contributed by atoms with E-state index in [1.54, 1.807) is 45.0 Å². The zero-order chi connectivity index (χ0) is 20.6. The first kappa shape index (κ1) is 20.7. The van der Waals surface area contributed by atoms with Crippen molar-refractivity contribution in [2.45, 2.75) is 50.3 Å². The zero-order valence-corrected chi connectivity index (χ0v) is 17.6. The molecule has 2 heterocycles. The maximum absolute atomic E-state index is 12.7. The highest BCUT2D eigenvalue weighted by Gasteiger charge is 2.56. The second-order valence-electron chi connectivity index (χ2n) is 7.89. The summed E-state index contributed by atoms with van der Waals surface area (Å²) in [6, 6.07) is 5.52. The Hall–Kier alpha value is -1.99. The lowest BCUT2D eigenvalue weighted by Gasteiger charge is -2.53. The Labute approximate surface area is 173 Å². The minimum absolute atomic E-state index is 0.153. The minimum atomic E-state index is -0.803. The van der Waals surface area contributed by atoms with Crippen LogP contribution in [-0.4, -0.2) is 51.5 Å². The van der Waals surface area contributed by atoms with Crippen LogP contribution in [0.25, 0.3) is 0 Å². The number of carbonyl (C=O) groups excluding carboxylic acids is 3. The van der Waals surface area contributed by atoms with E-state index in [4.69, 9.17) is 16.3 Å². The van der Waals surface area contributed by atoms with E-state index in [9.17, 15) is 14.4 Å². The number of β-lactam (4-membered cyclic amide) rings is 1. The van der Waals surface area contributed by atoms with E-state index < -0.39 is 23.7 Å². The van der Waals surface area contributed by atoms with Gasteiger partial charge < -0.3 is 15.0 Å². The summed E-state index contributed by atoms with van der Waals surface area (Å²) in [4.78, 5) is 39.1. The number of hydrogen-bond donors (Lipinski definition) is 1. The van der Waals surface area contributed by atoms with E-state index in [1.165, 1.54) is 16.7 Å². The lowest BCUT2D eigenvalue weighted by molar-refractivity contribution is -0.170. The van der Waals surface area contributed by atoms with Crippen LogP contribution in [0, 0.1) is 0 Å². The van der Waals surface area contributed by atoms with Crippen LogP contribution >= 0.6 is 23.4 Å². The molecule has 2 saturated heterocycles. The third-order valence-corrected chi connectivity index (χ3v) is 6.04. The molecular formula is C20H23ClN2O4S. The summed E-state index contributed by atoms with van der Waals surface area (Å²) in [7, 11) is 0. The Balaban J connectivity index is 1.65. The lowest BCUT2D eigenvalue weighted by atomic mass is 9.98. The minimum Gasteiger partial charge on any atom is -0.458 e. The molecule has 150 valence electrons. The quantitative estimate of drug-likeness (QED) is 0.458. The molecule has 2 unspecified atom stereocenters. The van der Waals surface area contributed by atoms with Crippen molar-refractivity contribution in [1.29, 1.82) is 0 Å². The predicted octanol–water partition coefficient (Wildman–Crippen LogP) is 2.55. The number of halogens is 1. The van der Waals surface area contributed by atoms with Crippen LogP contribution in [0.2, 0.25) is 5.02 Å². The van der Waals surface area contributed by atoms with Gasteiger partial charge in [0.15, 0.2) is 6.04 Å². The maximum Gasteiger partial charge on any atom is 0.333 e. The molecule has 2 aliphatic heterocycles. The van der Waals surface area contributed by atoms with Gasteiger partial charge in [0.05, 0.1) is 6.42 Å². The molecule has 0 spiro atoms. The third kappa shape index (κ3) is 4.36. The first-order valence-corrected chi connectivity index (χ1v) is 10.4. The molecule has 1 aromatic rings. The zero-order valence-electron chi connectivity index (χ0n) is 16.0. The van der Waals surface area contributed by atoms with Gasteiger partial charge in [0, 0.05) is 10.8 Å². The largest absolute Gasteiger partial charge is 0.458 e. The molecule has 0 saturated carbocycles. The molecule has 0 aromatic heterocycles. The highest BCUT2D eigenvalue weighted by Crippen LogP contribution is 2.40. The highest BCUT2D eigenvalue weighted by molar-refractivity contribution is 8.00. The van der Waals surface area contributed by atoms with E-state index in [0.29, 0.717) is 16.3 Å². The number of hydrogen-bond acceptors (Lipinski definition) is 5. The number of nitrogens with zero attached hydrogens (tertiary/aromatic N) is 1. The Morgan fingerprint density at radius 3 is 2.57 bits per heavy atom. The normalized spacial score (nSPS) is 24.3. The van der Waals surface area contributed by atoms with Crippen molar-refractivity contribution in [2.75, 3.05) is 5.75 Å². The van der Waals surface area contributed by atoms with Crippen molar-refractivity contribution in [3.63, 3.8) is 0 Å². The third-order valence-electron chi connectivity index (χ3n) is 4.41. The number of nitrogens with one attached hydrogen (secondary N) is 1. The van der Waals surface area contributed by atoms with Gasteiger partial charge in [0.2, 0.25) is 11.8 Å². The fourth-order valence-electron chi connectivity index (χ4n) is 3.19. The van der Waals surface area contributed by atoms with Gasteiger partial charge in [-0.1, -0.05) is 30.3 Å². The summed E-state index contributed by atoms with van der Waals surface area (Å²) >= 11 is 7.34. The van der Waals surface area contributed by atoms with Crippen molar-refractivity contribution in [2.24, 2.45) is 0 Å². The van der Waals surface area contributed by atoms with Gasteiger partial charge in [0.1, 0.15) is 17.0 Å². The summed E-state index contributed by atoms with van der Waals surface area (Å²) in [5.41, 5.74) is 0.786. The monoisotopic (exact) mass is 422 g/mol. The van der Waals surface area contributed by atoms with Crippen LogP contribution in [0.15, 0.2) is 36.4 Å². The molecule has 0 bridgehead atoms. The van der Waals surface area contributed by atoms with Gasteiger partial charge in [-0.25, -0.2) is 4.79 Å². The van der Waals surface area contributed by atoms with Crippen LogP contribution in [0.4, 0.5) is 0 Å². The van der Waals surface area contributed by atoms with Gasteiger partial charge in [-0.15, -0.1) is 11.8 Å². The Morgan fingerprint density at radius 1 is 1.32 bits per heavy atom. The second kappa shape index (κ2) is 7.79. The molecule has 0 aliphatic carbocycles. The summed E-state index contributed by atoms with van der Waals surface area (Å²) < 4.78 is 5.45. The Bertz CT molecular complexity index is 818. The SMILES string of the molecule is C=C1CS[C@H]2C(NC(=O)Cc3ccc(Cl)cc3)C(=O)N2C1C(=O)OC(C)(C)C. The number of ether oxygens (including phenoxy) is 1. The fraction of sp³-hybridized carbons (Fsp3) is 0.450. The molecule has 1 aromatic carbocycles. The number of esters is 1. The van der Waals surface area contributed by atoms with Crippen LogP contribution < -0.4 is 5.32 Å². The predicted molar refractivity (Wildman–Crippen MR) is 109 cm³/mol. The van der Waals surface area contributed by atoms with Crippen molar-refractivity contribution in [3.05, 3.63) is 47.0 Å². The smallest absolute Gasteiger partial charge is 0.333 e. The molecule has 8 heteroatoms. The van der Waals surface area contributed by atoms with E-state index in [0.717, 1.165) is 5.56 Å². The Morgan fingerprint density at radius 2 is 1.96 bits per heavy atom. The lowest BCUT2D eigenvalue weighted by Crippen LogP contribution is -2.74. The van der Waals surface area contributed by atoms with Crippen LogP contribution in [0.5, 0.6) is 0 Å². The van der Waals surface area contributed by atoms with Crippen molar-refractivity contribution >= 4 is 41.1 Å². The number of thioether (sulfide) groups is 1. The molecule has 28 heavy (non-hydrogen) atoms. The number of carbonyl (C=O) groups is 3. The van der Waals surface area contributed by atoms with Crippen molar-refractivity contribution in [3.8, 4) is 0 Å². The topological polar surface area (TPSA) is 75.7 Å². The summed E-state index contributed by atoms with van der Waals surface area (Å²) in [6.07, 6.45) is 0.153. The molecule has 6 nitrogen and oxygen atoms in total. The van der Waals surface area contributed by atoms with Gasteiger partial charge in [-0.3, -0.25) is 9.59 Å². The molecule has 3 atom stereocenters. The molecule has 1 N–H and O–H groups in total. The number of rotatable bonds is 4. The van der Waals surface area contributed by atoms with Gasteiger partial charge in [0.25, 0.3) is 0 Å². The molecule has 2 aliphatic rings. The molecule has 3 rings (SSSR count). The van der Waals surface area contributed by atoms with E-state index >= 15 is 0 Å². The first-order chi connectivity index (χ1) is 13.1. The summed E-state index contributed by atoms with van der Waals surface area (Å²) in [6.45, 7) is 9.27. The van der Waals surface area contributed by atoms with E-state index in [-0.39, 0.29) is 23.6 Å². The highest BCUT2D eigenvalue weighted by atomic mass is 35.5. The van der Waals surface area contributed by atoms with Gasteiger partial charge >= 0.3 is 5.97 Å². The van der Waals surface area contributed by atoms with Crippen molar-refractivity contribution < 1.29 is 19.1 Å². The van der Waals surface area contributed by atoms with Gasteiger partial charge in [-0.2, -0.15) is 0 Å². The molecule has 2 fully saturated rings. The van der Waals surface area contributed by atoms with Crippen molar-refractivity contribution in [1.82, 2.24) is 10.2 Å². The number of fused-ring (bicyclic) bond motifs is 1. The van der Waals surface area contributed by atoms with Gasteiger partial charge in [-0.05, 0) is 44.0 Å².